The van der Waals surface area contributed by atoms with Crippen LogP contribution in [0, 0.1) is 0 Å². The molecule has 1 saturated carbocycles. The molecule has 3 rings (SSSR count). The van der Waals surface area contributed by atoms with Crippen LogP contribution in [0.2, 0.25) is 0 Å². The van der Waals surface area contributed by atoms with Crippen molar-refractivity contribution in [3.63, 3.8) is 0 Å². The van der Waals surface area contributed by atoms with E-state index in [-0.39, 0.29) is 10.7 Å². The second-order valence-corrected chi connectivity index (χ2v) is 7.49. The minimum atomic E-state index is -3.67. The van der Waals surface area contributed by atoms with Crippen molar-refractivity contribution < 1.29 is 8.42 Å². The maximum Gasteiger partial charge on any atom is 0.264 e. The molecule has 0 amide bonds. The summed E-state index contributed by atoms with van der Waals surface area (Å²) in [4.78, 5) is 4.23. The van der Waals surface area contributed by atoms with Crippen LogP contribution >= 0.6 is 15.9 Å². The van der Waals surface area contributed by atoms with Gasteiger partial charge in [0, 0.05) is 30.7 Å². The van der Waals surface area contributed by atoms with Gasteiger partial charge in [0.15, 0.2) is 5.82 Å². The number of hydrogen-bond donors (Lipinski definition) is 2. The van der Waals surface area contributed by atoms with Crippen LogP contribution in [0.4, 0.5) is 5.82 Å². The fourth-order valence-electron chi connectivity index (χ4n) is 2.15. The normalized spacial score (nSPS) is 15.1. The molecule has 0 spiro atoms. The summed E-state index contributed by atoms with van der Waals surface area (Å²) >= 11 is 3.27. The van der Waals surface area contributed by atoms with Crippen molar-refractivity contribution >= 4 is 31.8 Å². The van der Waals surface area contributed by atoms with Crippen LogP contribution in [0.3, 0.4) is 0 Å². The summed E-state index contributed by atoms with van der Waals surface area (Å²) in [6.45, 7) is 0.319. The fourth-order valence-corrected chi connectivity index (χ4v) is 3.71. The summed E-state index contributed by atoms with van der Waals surface area (Å²) in [6, 6.07) is 5.45. The van der Waals surface area contributed by atoms with Gasteiger partial charge in [0.2, 0.25) is 0 Å². The molecule has 6 nitrogen and oxygen atoms in total. The molecule has 0 saturated heterocycles. The lowest BCUT2D eigenvalue weighted by molar-refractivity contribution is 0.600. The third kappa shape index (κ3) is 2.97. The van der Waals surface area contributed by atoms with Crippen LogP contribution < -0.4 is 10.5 Å². The molecule has 0 unspecified atom stereocenters. The number of nitrogens with zero attached hydrogens (tertiary/aromatic N) is 2. The average molecular weight is 371 g/mol. The smallest absolute Gasteiger partial charge is 0.264 e. The number of pyridine rings is 1. The van der Waals surface area contributed by atoms with Crippen LogP contribution in [0.25, 0.3) is 0 Å². The molecule has 0 aromatic carbocycles. The lowest BCUT2D eigenvalue weighted by atomic mass is 10.4. The van der Waals surface area contributed by atoms with Crippen molar-refractivity contribution in [1.29, 1.82) is 0 Å². The highest BCUT2D eigenvalue weighted by Crippen LogP contribution is 2.37. The molecule has 2 heterocycles. The first-order chi connectivity index (χ1) is 10.0. The molecule has 3 N–H and O–H groups in total. The predicted octanol–water partition coefficient (Wildman–Crippen LogP) is 2.24. The Labute approximate surface area is 131 Å². The van der Waals surface area contributed by atoms with E-state index in [1.54, 1.807) is 24.4 Å². The number of anilines is 1. The molecule has 1 aliphatic carbocycles. The standard InChI is InChI=1S/C13H15BrN4O2S/c14-12-2-1-5-16-13(12)17-21(19,20)11-6-10(7-15)18(8-11)9-3-4-9/h1-2,5-6,8-9H,3-4,7,15H2,(H,16,17). The first-order valence-electron chi connectivity index (χ1n) is 6.55. The third-order valence-corrected chi connectivity index (χ3v) is 5.30. The predicted molar refractivity (Wildman–Crippen MR) is 83.3 cm³/mol. The zero-order valence-electron chi connectivity index (χ0n) is 11.2. The maximum absolute atomic E-state index is 12.5. The molecule has 0 radical (unpaired) electrons. The Bertz CT molecular complexity index is 768. The Hall–Kier alpha value is -1.38. The summed E-state index contributed by atoms with van der Waals surface area (Å²) in [6.07, 6.45) is 5.32. The molecule has 0 atom stereocenters. The van der Waals surface area contributed by atoms with Gasteiger partial charge in [-0.2, -0.15) is 0 Å². The molecule has 2 aromatic rings. The third-order valence-electron chi connectivity index (χ3n) is 3.36. The van der Waals surface area contributed by atoms with E-state index in [9.17, 15) is 8.42 Å². The minimum absolute atomic E-state index is 0.215. The Kier molecular flexibility index (Phi) is 3.76. The minimum Gasteiger partial charge on any atom is -0.346 e. The summed E-state index contributed by atoms with van der Waals surface area (Å²) in [5.74, 6) is 0.269. The molecule has 0 aliphatic heterocycles. The van der Waals surface area contributed by atoms with Crippen molar-refractivity contribution in [2.24, 2.45) is 5.73 Å². The highest BCUT2D eigenvalue weighted by Gasteiger charge is 2.28. The highest BCUT2D eigenvalue weighted by molar-refractivity contribution is 9.10. The van der Waals surface area contributed by atoms with E-state index < -0.39 is 10.0 Å². The molecule has 2 aromatic heterocycles. The SMILES string of the molecule is NCc1cc(S(=O)(=O)Nc2ncccc2Br)cn1C1CC1. The van der Waals surface area contributed by atoms with Gasteiger partial charge < -0.3 is 10.3 Å². The van der Waals surface area contributed by atoms with E-state index in [2.05, 4.69) is 25.6 Å². The van der Waals surface area contributed by atoms with Gasteiger partial charge in [-0.15, -0.1) is 0 Å². The van der Waals surface area contributed by atoms with Crippen LogP contribution in [-0.4, -0.2) is 18.0 Å². The fraction of sp³-hybridized carbons (Fsp3) is 0.308. The van der Waals surface area contributed by atoms with Gasteiger partial charge in [-0.25, -0.2) is 13.4 Å². The largest absolute Gasteiger partial charge is 0.346 e. The van der Waals surface area contributed by atoms with Crippen molar-refractivity contribution in [2.75, 3.05) is 4.72 Å². The number of halogens is 1. The zero-order valence-corrected chi connectivity index (χ0v) is 13.6. The molecule has 1 aliphatic rings. The van der Waals surface area contributed by atoms with Gasteiger partial charge in [-0.1, -0.05) is 0 Å². The molecule has 1 fully saturated rings. The quantitative estimate of drug-likeness (QED) is 0.844. The van der Waals surface area contributed by atoms with Gasteiger partial charge in [-0.3, -0.25) is 4.72 Å². The number of nitrogens with one attached hydrogen (secondary N) is 1. The Balaban J connectivity index is 1.93. The first kappa shape index (κ1) is 14.6. The number of nitrogens with two attached hydrogens (primary N) is 1. The molecule has 112 valence electrons. The summed E-state index contributed by atoms with van der Waals surface area (Å²) in [5.41, 5.74) is 6.53. The van der Waals surface area contributed by atoms with E-state index >= 15 is 0 Å². The van der Waals surface area contributed by atoms with Gasteiger partial charge in [0.25, 0.3) is 10.0 Å². The van der Waals surface area contributed by atoms with E-state index in [4.69, 9.17) is 5.73 Å². The van der Waals surface area contributed by atoms with Crippen LogP contribution in [0.5, 0.6) is 0 Å². The van der Waals surface area contributed by atoms with Crippen molar-refractivity contribution in [2.45, 2.75) is 30.3 Å². The Morgan fingerprint density at radius 1 is 1.48 bits per heavy atom. The first-order valence-corrected chi connectivity index (χ1v) is 8.83. The Morgan fingerprint density at radius 2 is 2.24 bits per heavy atom. The number of hydrogen-bond acceptors (Lipinski definition) is 4. The summed E-state index contributed by atoms with van der Waals surface area (Å²) < 4.78 is 29.9. The molecular formula is C13H15BrN4O2S. The zero-order chi connectivity index (χ0) is 15.0. The van der Waals surface area contributed by atoms with Gasteiger partial charge in [0.1, 0.15) is 4.90 Å². The van der Waals surface area contributed by atoms with E-state index in [1.165, 1.54) is 6.20 Å². The molecular weight excluding hydrogens is 356 g/mol. The lowest BCUT2D eigenvalue weighted by Crippen LogP contribution is -2.13. The number of aromatic nitrogens is 2. The van der Waals surface area contributed by atoms with Gasteiger partial charge >= 0.3 is 0 Å². The average Bonchev–Trinajstić information content (AvgIpc) is 3.19. The van der Waals surface area contributed by atoms with Gasteiger partial charge in [0.05, 0.1) is 4.47 Å². The van der Waals surface area contributed by atoms with Crippen molar-refractivity contribution in [3.8, 4) is 0 Å². The second kappa shape index (κ2) is 5.43. The Morgan fingerprint density at radius 3 is 2.86 bits per heavy atom. The maximum atomic E-state index is 12.5. The van der Waals surface area contributed by atoms with Crippen LogP contribution in [0.1, 0.15) is 24.6 Å². The molecule has 21 heavy (non-hydrogen) atoms. The highest BCUT2D eigenvalue weighted by atomic mass is 79.9. The van der Waals surface area contributed by atoms with Gasteiger partial charge in [-0.05, 0) is 47.0 Å². The van der Waals surface area contributed by atoms with E-state index in [0.717, 1.165) is 18.5 Å². The summed E-state index contributed by atoms with van der Waals surface area (Å²) in [7, 11) is -3.67. The summed E-state index contributed by atoms with van der Waals surface area (Å²) in [5, 5.41) is 0. The van der Waals surface area contributed by atoms with Crippen LogP contribution in [0.15, 0.2) is 40.0 Å². The second-order valence-electron chi connectivity index (χ2n) is 4.95. The lowest BCUT2D eigenvalue weighted by Gasteiger charge is -2.07. The topological polar surface area (TPSA) is 90.0 Å². The van der Waals surface area contributed by atoms with Crippen molar-refractivity contribution in [1.82, 2.24) is 9.55 Å². The number of rotatable bonds is 5. The van der Waals surface area contributed by atoms with E-state index in [1.807, 2.05) is 4.57 Å². The molecule has 0 bridgehead atoms. The molecule has 8 heteroatoms. The van der Waals surface area contributed by atoms with Crippen molar-refractivity contribution in [3.05, 3.63) is 40.8 Å². The number of sulfonamides is 1. The monoisotopic (exact) mass is 370 g/mol. The van der Waals surface area contributed by atoms with E-state index in [0.29, 0.717) is 17.1 Å². The van der Waals surface area contributed by atoms with Crippen LogP contribution in [-0.2, 0) is 16.6 Å².